The molecular weight excluding hydrogens is 370 g/mol. The van der Waals surface area contributed by atoms with Gasteiger partial charge in [-0.15, -0.1) is 0 Å². The second-order valence-electron chi connectivity index (χ2n) is 9.23. The number of nitrogens with zero attached hydrogens (tertiary/aromatic N) is 1. The number of H-pyrrole nitrogens is 2. The van der Waals surface area contributed by atoms with Crippen LogP contribution in [-0.2, 0) is 12.8 Å². The Labute approximate surface area is 168 Å². The van der Waals surface area contributed by atoms with Gasteiger partial charge < -0.3 is 14.4 Å². The number of aromatic amines is 2. The third-order valence-corrected chi connectivity index (χ3v) is 7.16. The summed E-state index contributed by atoms with van der Waals surface area (Å²) in [5.74, 6) is 1.08. The number of aryl methyl sites for hydroxylation is 1. The van der Waals surface area contributed by atoms with Crippen LogP contribution in [0.3, 0.4) is 0 Å². The molecule has 7 heteroatoms. The fourth-order valence-electron chi connectivity index (χ4n) is 5.88. The van der Waals surface area contributed by atoms with Gasteiger partial charge in [0.2, 0.25) is 5.88 Å². The molecule has 6 rings (SSSR count). The molecule has 0 saturated carbocycles. The minimum Gasteiger partial charge on any atom is -0.492 e. The van der Waals surface area contributed by atoms with E-state index in [4.69, 9.17) is 9.47 Å². The maximum absolute atomic E-state index is 12.9. The van der Waals surface area contributed by atoms with Crippen LogP contribution in [0.4, 0.5) is 5.69 Å². The Hall–Kier alpha value is -2.70. The van der Waals surface area contributed by atoms with Gasteiger partial charge in [-0.1, -0.05) is 0 Å². The number of hydrogen-bond donors (Lipinski definition) is 2. The van der Waals surface area contributed by atoms with Gasteiger partial charge in [0.1, 0.15) is 11.4 Å². The molecule has 0 radical (unpaired) electrons. The molecule has 0 bridgehead atoms. The number of rotatable bonds is 0. The first-order valence-corrected chi connectivity index (χ1v) is 10.6. The topological polar surface area (TPSA) is 87.4 Å². The summed E-state index contributed by atoms with van der Waals surface area (Å²) in [7, 11) is 0. The molecule has 152 valence electrons. The zero-order valence-corrected chi connectivity index (χ0v) is 16.8. The fourth-order valence-corrected chi connectivity index (χ4v) is 5.88. The molecule has 0 spiro atoms. The summed E-state index contributed by atoms with van der Waals surface area (Å²) in [5, 5.41) is 0. The highest BCUT2D eigenvalue weighted by molar-refractivity contribution is 5.71. The molecule has 29 heavy (non-hydrogen) atoms. The van der Waals surface area contributed by atoms with Crippen LogP contribution in [0, 0.1) is 5.92 Å². The maximum atomic E-state index is 12.9. The maximum Gasteiger partial charge on any atom is 0.328 e. The number of benzene rings is 1. The van der Waals surface area contributed by atoms with Gasteiger partial charge in [-0.3, -0.25) is 14.8 Å². The quantitative estimate of drug-likeness (QED) is 0.713. The first-order chi connectivity index (χ1) is 13.9. The van der Waals surface area contributed by atoms with Crippen molar-refractivity contribution in [3.8, 4) is 11.6 Å². The third-order valence-electron chi connectivity index (χ3n) is 7.16. The van der Waals surface area contributed by atoms with Crippen molar-refractivity contribution in [3.63, 3.8) is 0 Å². The lowest BCUT2D eigenvalue weighted by Crippen LogP contribution is -2.52. The van der Waals surface area contributed by atoms with E-state index in [1.807, 2.05) is 13.8 Å². The lowest BCUT2D eigenvalue weighted by Gasteiger charge is -2.48. The number of anilines is 1. The Kier molecular flexibility index (Phi) is 3.36. The van der Waals surface area contributed by atoms with E-state index in [1.165, 1.54) is 16.8 Å². The summed E-state index contributed by atoms with van der Waals surface area (Å²) in [6.45, 7) is 6.72. The molecule has 1 aromatic carbocycles. The summed E-state index contributed by atoms with van der Waals surface area (Å²) in [6.07, 6.45) is 4.34. The molecule has 4 aliphatic heterocycles. The molecular formula is C22H25N3O4. The second-order valence-corrected chi connectivity index (χ2v) is 9.23. The van der Waals surface area contributed by atoms with Crippen LogP contribution < -0.4 is 25.6 Å². The molecule has 0 unspecified atom stereocenters. The molecule has 0 aliphatic carbocycles. The molecule has 7 nitrogen and oxygen atoms in total. The molecule has 0 amide bonds. The normalized spacial score (nSPS) is 25.7. The summed E-state index contributed by atoms with van der Waals surface area (Å²) in [4.78, 5) is 32.4. The lowest BCUT2D eigenvalue weighted by atomic mass is 9.69. The molecule has 2 aromatic rings. The third kappa shape index (κ3) is 2.30. The zero-order valence-electron chi connectivity index (χ0n) is 16.8. The van der Waals surface area contributed by atoms with Crippen molar-refractivity contribution >= 4 is 5.69 Å². The predicted octanol–water partition coefficient (Wildman–Crippen LogP) is 2.07. The van der Waals surface area contributed by atoms with Crippen molar-refractivity contribution in [1.82, 2.24) is 9.97 Å². The number of ether oxygens (including phenoxy) is 2. The average Bonchev–Trinajstić information content (AvgIpc) is 2.67. The highest BCUT2D eigenvalue weighted by Gasteiger charge is 2.50. The minimum atomic E-state index is -0.564. The van der Waals surface area contributed by atoms with Gasteiger partial charge in [0, 0.05) is 41.7 Å². The molecule has 0 fully saturated rings. The van der Waals surface area contributed by atoms with Gasteiger partial charge in [-0.2, -0.15) is 0 Å². The Bertz CT molecular complexity index is 1140. The van der Waals surface area contributed by atoms with Crippen LogP contribution in [0.25, 0.3) is 0 Å². The van der Waals surface area contributed by atoms with Crippen LogP contribution >= 0.6 is 0 Å². The largest absolute Gasteiger partial charge is 0.492 e. The summed E-state index contributed by atoms with van der Waals surface area (Å²) in [6, 6.07) is 2.26. The summed E-state index contributed by atoms with van der Waals surface area (Å²) >= 11 is 0. The monoisotopic (exact) mass is 395 g/mol. The number of aromatic nitrogens is 2. The Morgan fingerprint density at radius 1 is 1.14 bits per heavy atom. The first-order valence-electron chi connectivity index (χ1n) is 10.6. The van der Waals surface area contributed by atoms with Gasteiger partial charge in [-0.05, 0) is 51.2 Å². The smallest absolute Gasteiger partial charge is 0.328 e. The van der Waals surface area contributed by atoms with E-state index in [-0.39, 0.29) is 17.4 Å². The van der Waals surface area contributed by atoms with Crippen LogP contribution in [0.5, 0.6) is 11.6 Å². The van der Waals surface area contributed by atoms with Crippen molar-refractivity contribution < 1.29 is 9.47 Å². The van der Waals surface area contributed by atoms with Gasteiger partial charge >= 0.3 is 5.69 Å². The molecule has 2 atom stereocenters. The Morgan fingerprint density at radius 2 is 1.93 bits per heavy atom. The van der Waals surface area contributed by atoms with E-state index in [2.05, 4.69) is 20.9 Å². The number of fused-ring (bicyclic) bond motifs is 6. The first kappa shape index (κ1) is 17.2. The van der Waals surface area contributed by atoms with Gasteiger partial charge in [0.25, 0.3) is 5.56 Å². The van der Waals surface area contributed by atoms with Crippen molar-refractivity contribution in [1.29, 1.82) is 0 Å². The summed E-state index contributed by atoms with van der Waals surface area (Å²) in [5.41, 5.74) is 4.16. The van der Waals surface area contributed by atoms with Crippen molar-refractivity contribution in [2.45, 2.75) is 51.0 Å². The minimum absolute atomic E-state index is 0.0111. The van der Waals surface area contributed by atoms with E-state index in [9.17, 15) is 9.59 Å². The van der Waals surface area contributed by atoms with Crippen LogP contribution in [-0.4, -0.2) is 35.3 Å². The Balaban J connectivity index is 1.64. The standard InChI is InChI=1S/C22H25N3O4/c1-22(2)14-10-28-18-12-6-4-8-25-7-3-5-11(17(12)25)9-13(18)15(14)16-19(26)23-21(27)24-20(16)29-22/h9,14-15H,3-8,10H2,1-2H3,(H2,23,24,26,27)/t14-,15+/m1/s1. The molecule has 5 heterocycles. The van der Waals surface area contributed by atoms with Gasteiger partial charge in [0.15, 0.2) is 0 Å². The molecule has 4 aliphatic rings. The summed E-state index contributed by atoms with van der Waals surface area (Å²) < 4.78 is 12.5. The van der Waals surface area contributed by atoms with Crippen LogP contribution in [0.15, 0.2) is 15.7 Å². The fraction of sp³-hybridized carbons (Fsp3) is 0.545. The SMILES string of the molecule is CC1(C)Oc2[nH]c(=O)[nH]c(=O)c2[C@H]2c3cc4c5c(c3OC[C@H]21)CCCN5CCC4. The molecule has 2 N–H and O–H groups in total. The molecule has 1 aromatic heterocycles. The zero-order chi connectivity index (χ0) is 19.9. The highest BCUT2D eigenvalue weighted by Crippen LogP contribution is 2.54. The Morgan fingerprint density at radius 3 is 2.76 bits per heavy atom. The van der Waals surface area contributed by atoms with Gasteiger partial charge in [-0.25, -0.2) is 4.79 Å². The van der Waals surface area contributed by atoms with E-state index in [1.54, 1.807) is 0 Å². The highest BCUT2D eigenvalue weighted by atomic mass is 16.5. The second kappa shape index (κ2) is 5.68. The van der Waals surface area contributed by atoms with Crippen molar-refractivity contribution in [2.24, 2.45) is 5.92 Å². The van der Waals surface area contributed by atoms with Crippen molar-refractivity contribution in [3.05, 3.63) is 49.2 Å². The predicted molar refractivity (Wildman–Crippen MR) is 109 cm³/mol. The van der Waals surface area contributed by atoms with Gasteiger partial charge in [0.05, 0.1) is 12.2 Å². The lowest BCUT2D eigenvalue weighted by molar-refractivity contribution is -0.0187. The number of nitrogens with one attached hydrogen (secondary N) is 2. The van der Waals surface area contributed by atoms with E-state index in [0.29, 0.717) is 18.1 Å². The average molecular weight is 395 g/mol. The number of hydrogen-bond acceptors (Lipinski definition) is 5. The van der Waals surface area contributed by atoms with Crippen molar-refractivity contribution in [2.75, 3.05) is 24.6 Å². The van der Waals surface area contributed by atoms with E-state index < -0.39 is 11.3 Å². The molecule has 0 saturated heterocycles. The van der Waals surface area contributed by atoms with Crippen LogP contribution in [0.1, 0.15) is 54.9 Å². The van der Waals surface area contributed by atoms with Crippen LogP contribution in [0.2, 0.25) is 0 Å². The van der Waals surface area contributed by atoms with E-state index >= 15 is 0 Å². The van der Waals surface area contributed by atoms with E-state index in [0.717, 1.165) is 50.1 Å².